The van der Waals surface area contributed by atoms with Crippen molar-refractivity contribution >= 4 is 15.7 Å². The molecule has 1 aliphatic rings. The SMILES string of the molecule is CS(=O)(=O)Nc1ccc(-c2noc(CC3CCCC3)n2)cc1. The lowest BCUT2D eigenvalue weighted by Crippen LogP contribution is -2.09. The Morgan fingerprint density at radius 1 is 1.23 bits per heavy atom. The maximum Gasteiger partial charge on any atom is 0.229 e. The van der Waals surface area contributed by atoms with E-state index in [1.54, 1.807) is 24.3 Å². The van der Waals surface area contributed by atoms with E-state index < -0.39 is 10.0 Å². The quantitative estimate of drug-likeness (QED) is 0.915. The number of hydrogen-bond donors (Lipinski definition) is 1. The molecule has 0 bridgehead atoms. The smallest absolute Gasteiger partial charge is 0.229 e. The molecule has 7 heteroatoms. The van der Waals surface area contributed by atoms with Crippen molar-refractivity contribution in [2.24, 2.45) is 5.92 Å². The highest BCUT2D eigenvalue weighted by atomic mass is 32.2. The molecule has 1 saturated carbocycles. The minimum atomic E-state index is -3.26. The van der Waals surface area contributed by atoms with Crippen LogP contribution in [0.2, 0.25) is 0 Å². The molecule has 1 fully saturated rings. The van der Waals surface area contributed by atoms with Crippen LogP contribution in [0.1, 0.15) is 31.6 Å². The Bertz CT molecular complexity index is 732. The maximum atomic E-state index is 11.2. The average molecular weight is 321 g/mol. The Labute approximate surface area is 130 Å². The van der Waals surface area contributed by atoms with E-state index in [9.17, 15) is 8.42 Å². The number of hydrogen-bond acceptors (Lipinski definition) is 5. The Kier molecular flexibility index (Phi) is 4.15. The molecule has 0 saturated heterocycles. The number of benzene rings is 1. The summed E-state index contributed by atoms with van der Waals surface area (Å²) in [6.07, 6.45) is 7.03. The van der Waals surface area contributed by atoms with Gasteiger partial charge in [-0.25, -0.2) is 8.42 Å². The number of rotatable bonds is 5. The summed E-state index contributed by atoms with van der Waals surface area (Å²) in [6, 6.07) is 6.92. The third-order valence-electron chi connectivity index (χ3n) is 3.85. The first-order valence-electron chi connectivity index (χ1n) is 7.40. The van der Waals surface area contributed by atoms with Gasteiger partial charge in [0, 0.05) is 17.7 Å². The van der Waals surface area contributed by atoms with Gasteiger partial charge in [0.2, 0.25) is 21.7 Å². The van der Waals surface area contributed by atoms with Gasteiger partial charge in [0.1, 0.15) is 0 Å². The summed E-state index contributed by atoms with van der Waals surface area (Å²) in [4.78, 5) is 4.43. The molecular weight excluding hydrogens is 302 g/mol. The molecule has 1 aromatic heterocycles. The lowest BCUT2D eigenvalue weighted by molar-refractivity contribution is 0.353. The second kappa shape index (κ2) is 6.08. The van der Waals surface area contributed by atoms with Crippen molar-refractivity contribution in [3.8, 4) is 11.4 Å². The first-order chi connectivity index (χ1) is 10.5. The zero-order valence-corrected chi connectivity index (χ0v) is 13.3. The fraction of sp³-hybridized carbons (Fsp3) is 0.467. The van der Waals surface area contributed by atoms with Crippen molar-refractivity contribution in [3.05, 3.63) is 30.2 Å². The normalized spacial score (nSPS) is 16.0. The maximum absolute atomic E-state index is 11.2. The molecule has 6 nitrogen and oxygen atoms in total. The van der Waals surface area contributed by atoms with Gasteiger partial charge in [-0.3, -0.25) is 4.72 Å². The largest absolute Gasteiger partial charge is 0.339 e. The molecular formula is C15H19N3O3S. The highest BCUT2D eigenvalue weighted by Gasteiger charge is 2.19. The summed E-state index contributed by atoms with van der Waals surface area (Å²) >= 11 is 0. The van der Waals surface area contributed by atoms with Gasteiger partial charge in [0.25, 0.3) is 0 Å². The Balaban J connectivity index is 1.70. The second-order valence-electron chi connectivity index (χ2n) is 5.82. The van der Waals surface area contributed by atoms with Crippen LogP contribution in [0.4, 0.5) is 5.69 Å². The first kappa shape index (κ1) is 15.0. The molecule has 0 unspecified atom stereocenters. The summed E-state index contributed by atoms with van der Waals surface area (Å²) < 4.78 is 30.1. The van der Waals surface area contributed by atoms with Crippen molar-refractivity contribution in [2.75, 3.05) is 11.0 Å². The van der Waals surface area contributed by atoms with E-state index >= 15 is 0 Å². The van der Waals surface area contributed by atoms with Crippen LogP contribution in [-0.2, 0) is 16.4 Å². The molecule has 2 aromatic rings. The van der Waals surface area contributed by atoms with E-state index in [2.05, 4.69) is 14.9 Å². The molecule has 1 N–H and O–H groups in total. The number of nitrogens with one attached hydrogen (secondary N) is 1. The van der Waals surface area contributed by atoms with E-state index in [0.717, 1.165) is 18.2 Å². The number of nitrogens with zero attached hydrogens (tertiary/aromatic N) is 2. The summed E-state index contributed by atoms with van der Waals surface area (Å²) in [5, 5.41) is 4.01. The van der Waals surface area contributed by atoms with Gasteiger partial charge >= 0.3 is 0 Å². The second-order valence-corrected chi connectivity index (χ2v) is 7.57. The van der Waals surface area contributed by atoms with Gasteiger partial charge in [-0.1, -0.05) is 18.0 Å². The zero-order valence-electron chi connectivity index (χ0n) is 12.4. The molecule has 118 valence electrons. The van der Waals surface area contributed by atoms with Gasteiger partial charge in [-0.05, 0) is 43.0 Å². The standard InChI is InChI=1S/C15H19N3O3S/c1-22(19,20)18-13-8-6-12(7-9-13)15-16-14(21-17-15)10-11-4-2-3-5-11/h6-9,11,18H,2-5,10H2,1H3. The Hall–Kier alpha value is -1.89. The van der Waals surface area contributed by atoms with E-state index in [-0.39, 0.29) is 0 Å². The molecule has 1 aromatic carbocycles. The number of anilines is 1. The van der Waals surface area contributed by atoms with Crippen LogP contribution in [0.3, 0.4) is 0 Å². The highest BCUT2D eigenvalue weighted by Crippen LogP contribution is 2.28. The van der Waals surface area contributed by atoms with Crippen LogP contribution in [0, 0.1) is 5.92 Å². The topological polar surface area (TPSA) is 85.1 Å². The molecule has 3 rings (SSSR count). The van der Waals surface area contributed by atoms with Gasteiger partial charge in [-0.2, -0.15) is 4.98 Å². The average Bonchev–Trinajstić information content (AvgIpc) is 3.10. The molecule has 0 aliphatic heterocycles. The summed E-state index contributed by atoms with van der Waals surface area (Å²) in [6.45, 7) is 0. The van der Waals surface area contributed by atoms with Gasteiger partial charge in [-0.15, -0.1) is 0 Å². The fourth-order valence-electron chi connectivity index (χ4n) is 2.82. The molecule has 22 heavy (non-hydrogen) atoms. The van der Waals surface area contributed by atoms with Gasteiger partial charge in [0.15, 0.2) is 0 Å². The van der Waals surface area contributed by atoms with Crippen LogP contribution in [0.15, 0.2) is 28.8 Å². The van der Waals surface area contributed by atoms with Gasteiger partial charge in [0.05, 0.1) is 6.26 Å². The van der Waals surface area contributed by atoms with E-state index in [1.165, 1.54) is 25.7 Å². The van der Waals surface area contributed by atoms with Crippen LogP contribution >= 0.6 is 0 Å². The van der Waals surface area contributed by atoms with Crippen molar-refractivity contribution < 1.29 is 12.9 Å². The zero-order chi connectivity index (χ0) is 15.6. The van der Waals surface area contributed by atoms with Crippen LogP contribution < -0.4 is 4.72 Å². The third kappa shape index (κ3) is 3.85. The minimum absolute atomic E-state index is 0.515. The minimum Gasteiger partial charge on any atom is -0.339 e. The first-order valence-corrected chi connectivity index (χ1v) is 9.29. The van der Waals surface area contributed by atoms with Crippen molar-refractivity contribution in [3.63, 3.8) is 0 Å². The Morgan fingerprint density at radius 3 is 2.55 bits per heavy atom. The predicted octanol–water partition coefficient (Wildman–Crippen LogP) is 2.84. The Morgan fingerprint density at radius 2 is 1.91 bits per heavy atom. The van der Waals surface area contributed by atoms with Crippen molar-refractivity contribution in [2.45, 2.75) is 32.1 Å². The van der Waals surface area contributed by atoms with Crippen LogP contribution in [-0.4, -0.2) is 24.8 Å². The monoisotopic (exact) mass is 321 g/mol. The summed E-state index contributed by atoms with van der Waals surface area (Å²) in [5.41, 5.74) is 1.32. The predicted molar refractivity (Wildman–Crippen MR) is 83.9 cm³/mol. The third-order valence-corrected chi connectivity index (χ3v) is 4.46. The van der Waals surface area contributed by atoms with Crippen LogP contribution in [0.5, 0.6) is 0 Å². The summed E-state index contributed by atoms with van der Waals surface area (Å²) in [5.74, 6) is 1.88. The van der Waals surface area contributed by atoms with E-state index in [4.69, 9.17) is 4.52 Å². The number of aromatic nitrogens is 2. The summed E-state index contributed by atoms with van der Waals surface area (Å²) in [7, 11) is -3.26. The van der Waals surface area contributed by atoms with E-state index in [0.29, 0.717) is 23.3 Å². The van der Waals surface area contributed by atoms with Crippen molar-refractivity contribution in [1.82, 2.24) is 10.1 Å². The lowest BCUT2D eigenvalue weighted by atomic mass is 10.0. The fourth-order valence-corrected chi connectivity index (χ4v) is 3.38. The molecule has 0 atom stereocenters. The van der Waals surface area contributed by atoms with Gasteiger partial charge < -0.3 is 4.52 Å². The van der Waals surface area contributed by atoms with E-state index in [1.807, 2.05) is 0 Å². The molecule has 0 radical (unpaired) electrons. The molecule has 1 aliphatic carbocycles. The lowest BCUT2D eigenvalue weighted by Gasteiger charge is -2.03. The van der Waals surface area contributed by atoms with Crippen LogP contribution in [0.25, 0.3) is 11.4 Å². The number of sulfonamides is 1. The molecule has 1 heterocycles. The molecule has 0 spiro atoms. The highest BCUT2D eigenvalue weighted by molar-refractivity contribution is 7.92. The van der Waals surface area contributed by atoms with Crippen molar-refractivity contribution in [1.29, 1.82) is 0 Å². The molecule has 0 amide bonds.